The van der Waals surface area contributed by atoms with Crippen LogP contribution < -0.4 is 5.32 Å². The fraction of sp³-hybridized carbons (Fsp3) is 0.588. The summed E-state index contributed by atoms with van der Waals surface area (Å²) >= 11 is 0. The lowest BCUT2D eigenvalue weighted by Gasteiger charge is -2.30. The van der Waals surface area contributed by atoms with Crippen LogP contribution in [0.25, 0.3) is 0 Å². The van der Waals surface area contributed by atoms with E-state index in [4.69, 9.17) is 0 Å². The molecule has 2 nitrogen and oxygen atoms in total. The number of carbonyl (C=O) groups excluding carboxylic acids is 1. The molecule has 2 rings (SSSR count). The van der Waals surface area contributed by atoms with Crippen LogP contribution in [0.3, 0.4) is 0 Å². The predicted octanol–water partition coefficient (Wildman–Crippen LogP) is 3.48. The first-order valence-electron chi connectivity index (χ1n) is 7.42. The van der Waals surface area contributed by atoms with E-state index in [-0.39, 0.29) is 5.78 Å². The number of hydrogen-bond donors (Lipinski definition) is 1. The van der Waals surface area contributed by atoms with Gasteiger partial charge >= 0.3 is 0 Å². The lowest BCUT2D eigenvalue weighted by molar-refractivity contribution is 0.101. The second-order valence-corrected chi connectivity index (χ2v) is 5.81. The number of ketones is 1. The van der Waals surface area contributed by atoms with Gasteiger partial charge in [0.05, 0.1) is 0 Å². The minimum atomic E-state index is 0.172. The highest BCUT2D eigenvalue weighted by Gasteiger charge is 2.37. The maximum atomic E-state index is 11.5. The van der Waals surface area contributed by atoms with Gasteiger partial charge in [-0.3, -0.25) is 4.79 Å². The van der Waals surface area contributed by atoms with E-state index in [1.807, 2.05) is 13.1 Å². The molecule has 1 unspecified atom stereocenters. The van der Waals surface area contributed by atoms with Gasteiger partial charge in [0.2, 0.25) is 0 Å². The number of rotatable bonds is 6. The number of nitrogens with one attached hydrogen (secondary N) is 1. The summed E-state index contributed by atoms with van der Waals surface area (Å²) in [7, 11) is 2.02. The molecule has 0 amide bonds. The summed E-state index contributed by atoms with van der Waals surface area (Å²) in [5.74, 6) is 0.172. The maximum absolute atomic E-state index is 11.5. The van der Waals surface area contributed by atoms with Crippen molar-refractivity contribution in [3.05, 3.63) is 34.9 Å². The van der Waals surface area contributed by atoms with E-state index in [1.165, 1.54) is 36.8 Å². The van der Waals surface area contributed by atoms with Crippen LogP contribution in [-0.2, 0) is 11.8 Å². The smallest absolute Gasteiger partial charge is 0.159 e. The molecule has 0 saturated heterocycles. The molecule has 2 heteroatoms. The lowest BCUT2D eigenvalue weighted by Crippen LogP contribution is -2.27. The van der Waals surface area contributed by atoms with Gasteiger partial charge in [0.15, 0.2) is 5.78 Å². The zero-order valence-electron chi connectivity index (χ0n) is 12.4. The molecular weight excluding hydrogens is 234 g/mol. The highest BCUT2D eigenvalue weighted by atomic mass is 16.1. The SMILES string of the molecule is CCCC1(CCNC)CCc2cc(C(C)=O)ccc21. The minimum Gasteiger partial charge on any atom is -0.320 e. The normalized spacial score (nSPS) is 21.4. The van der Waals surface area contributed by atoms with Crippen molar-refractivity contribution in [3.63, 3.8) is 0 Å². The predicted molar refractivity (Wildman–Crippen MR) is 79.9 cm³/mol. The third-order valence-corrected chi connectivity index (χ3v) is 4.54. The van der Waals surface area contributed by atoms with Gasteiger partial charge in [0.25, 0.3) is 0 Å². The van der Waals surface area contributed by atoms with E-state index in [9.17, 15) is 4.79 Å². The molecule has 0 heterocycles. The molecule has 19 heavy (non-hydrogen) atoms. The van der Waals surface area contributed by atoms with E-state index in [0.29, 0.717) is 5.41 Å². The molecular formula is C17H25NO. The van der Waals surface area contributed by atoms with Crippen molar-refractivity contribution in [2.75, 3.05) is 13.6 Å². The van der Waals surface area contributed by atoms with Gasteiger partial charge < -0.3 is 5.32 Å². The van der Waals surface area contributed by atoms with Crippen LogP contribution in [0.15, 0.2) is 18.2 Å². The molecule has 1 N–H and O–H groups in total. The zero-order chi connectivity index (χ0) is 13.9. The Balaban J connectivity index is 2.34. The Hall–Kier alpha value is -1.15. The third-order valence-electron chi connectivity index (χ3n) is 4.54. The Morgan fingerprint density at radius 1 is 1.37 bits per heavy atom. The minimum absolute atomic E-state index is 0.172. The van der Waals surface area contributed by atoms with E-state index >= 15 is 0 Å². The molecule has 0 spiro atoms. The monoisotopic (exact) mass is 259 g/mol. The number of fused-ring (bicyclic) bond motifs is 1. The third kappa shape index (κ3) is 2.74. The number of aryl methyl sites for hydroxylation is 1. The van der Waals surface area contributed by atoms with Crippen LogP contribution in [0.2, 0.25) is 0 Å². The van der Waals surface area contributed by atoms with Crippen molar-refractivity contribution in [2.45, 2.75) is 51.4 Å². The zero-order valence-corrected chi connectivity index (χ0v) is 12.4. The summed E-state index contributed by atoms with van der Waals surface area (Å²) in [5.41, 5.74) is 4.09. The van der Waals surface area contributed by atoms with Crippen LogP contribution in [0.1, 0.15) is 61.0 Å². The van der Waals surface area contributed by atoms with Gasteiger partial charge in [-0.1, -0.05) is 25.5 Å². The summed E-state index contributed by atoms with van der Waals surface area (Å²) in [6.45, 7) is 4.98. The molecule has 0 radical (unpaired) electrons. The highest BCUT2D eigenvalue weighted by Crippen LogP contribution is 2.45. The fourth-order valence-electron chi connectivity index (χ4n) is 3.53. The van der Waals surface area contributed by atoms with E-state index < -0.39 is 0 Å². The molecule has 1 aromatic carbocycles. The van der Waals surface area contributed by atoms with Crippen LogP contribution in [0, 0.1) is 0 Å². The lowest BCUT2D eigenvalue weighted by atomic mass is 9.75. The van der Waals surface area contributed by atoms with Crippen LogP contribution >= 0.6 is 0 Å². The standard InChI is InChI=1S/C17H25NO/c1-4-8-17(10-11-18-3)9-7-15-12-14(13(2)19)5-6-16(15)17/h5-6,12,18H,4,7-11H2,1-3H3. The Labute approximate surface area is 116 Å². The molecule has 104 valence electrons. The quantitative estimate of drug-likeness (QED) is 0.792. The summed E-state index contributed by atoms with van der Waals surface area (Å²) in [6.07, 6.45) is 6.03. The van der Waals surface area contributed by atoms with E-state index in [1.54, 1.807) is 6.92 Å². The van der Waals surface area contributed by atoms with Crippen LogP contribution in [0.5, 0.6) is 0 Å². The summed E-state index contributed by atoms with van der Waals surface area (Å²) in [4.78, 5) is 11.5. The molecule has 1 aliphatic rings. The largest absolute Gasteiger partial charge is 0.320 e. The van der Waals surface area contributed by atoms with Crippen molar-refractivity contribution in [3.8, 4) is 0 Å². The first kappa shape index (κ1) is 14.3. The Morgan fingerprint density at radius 3 is 2.79 bits per heavy atom. The maximum Gasteiger partial charge on any atom is 0.159 e. The van der Waals surface area contributed by atoms with Gasteiger partial charge in [-0.2, -0.15) is 0 Å². The second-order valence-electron chi connectivity index (χ2n) is 5.81. The molecule has 1 aliphatic carbocycles. The van der Waals surface area contributed by atoms with Gasteiger partial charge in [0.1, 0.15) is 0 Å². The van der Waals surface area contributed by atoms with Crippen molar-refractivity contribution in [1.82, 2.24) is 5.32 Å². The van der Waals surface area contributed by atoms with Crippen LogP contribution in [-0.4, -0.2) is 19.4 Å². The van der Waals surface area contributed by atoms with E-state index in [2.05, 4.69) is 24.4 Å². The van der Waals surface area contributed by atoms with Crippen molar-refractivity contribution < 1.29 is 4.79 Å². The molecule has 0 aromatic heterocycles. The van der Waals surface area contributed by atoms with Crippen molar-refractivity contribution in [1.29, 1.82) is 0 Å². The summed E-state index contributed by atoms with van der Waals surface area (Å²) in [5, 5.41) is 3.28. The fourth-order valence-corrected chi connectivity index (χ4v) is 3.53. The number of hydrogen-bond acceptors (Lipinski definition) is 2. The Kier molecular flexibility index (Phi) is 4.41. The van der Waals surface area contributed by atoms with Crippen LogP contribution in [0.4, 0.5) is 0 Å². The van der Waals surface area contributed by atoms with Crippen molar-refractivity contribution in [2.24, 2.45) is 0 Å². The second kappa shape index (κ2) is 5.87. The molecule has 0 aliphatic heterocycles. The first-order chi connectivity index (χ1) is 9.13. The number of Topliss-reactive ketones (excluding diaryl/α,β-unsaturated/α-hetero) is 1. The molecule has 1 atom stereocenters. The summed E-state index contributed by atoms with van der Waals surface area (Å²) in [6, 6.07) is 6.34. The number of carbonyl (C=O) groups is 1. The van der Waals surface area contributed by atoms with Gasteiger partial charge in [-0.15, -0.1) is 0 Å². The molecule has 0 bridgehead atoms. The highest BCUT2D eigenvalue weighted by molar-refractivity contribution is 5.94. The topological polar surface area (TPSA) is 29.1 Å². The molecule has 0 fully saturated rings. The molecule has 1 aromatic rings. The summed E-state index contributed by atoms with van der Waals surface area (Å²) < 4.78 is 0. The van der Waals surface area contributed by atoms with Gasteiger partial charge in [-0.25, -0.2) is 0 Å². The van der Waals surface area contributed by atoms with Gasteiger partial charge in [-0.05, 0) is 68.8 Å². The first-order valence-corrected chi connectivity index (χ1v) is 7.42. The van der Waals surface area contributed by atoms with Crippen molar-refractivity contribution >= 4 is 5.78 Å². The average molecular weight is 259 g/mol. The Bertz CT molecular complexity index is 466. The average Bonchev–Trinajstić information content (AvgIpc) is 2.76. The van der Waals surface area contributed by atoms with E-state index in [0.717, 1.165) is 18.5 Å². The number of benzene rings is 1. The Morgan fingerprint density at radius 2 is 2.16 bits per heavy atom. The van der Waals surface area contributed by atoms with Gasteiger partial charge in [0, 0.05) is 5.56 Å². The molecule has 0 saturated carbocycles.